The van der Waals surface area contributed by atoms with Gasteiger partial charge in [0.05, 0.1) is 5.56 Å². The number of halogens is 3. The Hall–Kier alpha value is -3.10. The SMILES string of the molecule is CN=C(NCCCc1nnc2ccccn12)NCCC(C)c1cccc(C(F)(F)F)c1. The van der Waals surface area contributed by atoms with E-state index >= 15 is 0 Å². The van der Waals surface area contributed by atoms with Crippen molar-refractivity contribution >= 4 is 11.6 Å². The molecule has 0 radical (unpaired) electrons. The minimum absolute atomic E-state index is 0.00544. The number of nitrogens with zero attached hydrogens (tertiary/aromatic N) is 4. The van der Waals surface area contributed by atoms with Crippen molar-refractivity contribution in [2.45, 2.75) is 38.3 Å². The third-order valence-electron chi connectivity index (χ3n) is 5.13. The van der Waals surface area contributed by atoms with Crippen molar-refractivity contribution in [2.75, 3.05) is 20.1 Å². The Kier molecular flexibility index (Phi) is 7.49. The van der Waals surface area contributed by atoms with Crippen LogP contribution in [0.2, 0.25) is 0 Å². The molecule has 9 heteroatoms. The number of aromatic nitrogens is 3. The van der Waals surface area contributed by atoms with Crippen molar-refractivity contribution in [1.82, 2.24) is 25.2 Å². The molecule has 1 aromatic carbocycles. The number of aryl methyl sites for hydroxylation is 1. The van der Waals surface area contributed by atoms with Crippen LogP contribution >= 0.6 is 0 Å². The Bertz CT molecular complexity index is 1010. The number of hydrogen-bond donors (Lipinski definition) is 2. The number of benzene rings is 1. The lowest BCUT2D eigenvalue weighted by Gasteiger charge is -2.16. The molecule has 0 bridgehead atoms. The standard InChI is InChI=1S/C22H27F3N6/c1-16(17-7-5-8-18(15-17)22(23,24)25)11-13-28-21(26-2)27-12-6-10-20-30-29-19-9-3-4-14-31(19)20/h3-5,7-9,14-16H,6,10-13H2,1-2H3,(H2,26,27,28). The van der Waals surface area contributed by atoms with Gasteiger partial charge >= 0.3 is 6.18 Å². The first-order valence-corrected chi connectivity index (χ1v) is 10.3. The molecule has 0 saturated carbocycles. The number of pyridine rings is 1. The lowest BCUT2D eigenvalue weighted by atomic mass is 9.96. The summed E-state index contributed by atoms with van der Waals surface area (Å²) in [4.78, 5) is 4.20. The minimum atomic E-state index is -4.32. The van der Waals surface area contributed by atoms with E-state index in [0.717, 1.165) is 30.4 Å². The van der Waals surface area contributed by atoms with E-state index in [9.17, 15) is 13.2 Å². The van der Waals surface area contributed by atoms with Gasteiger partial charge in [-0.3, -0.25) is 9.39 Å². The van der Waals surface area contributed by atoms with E-state index in [1.165, 1.54) is 12.1 Å². The van der Waals surface area contributed by atoms with Crippen LogP contribution in [0.1, 0.15) is 42.6 Å². The second-order valence-corrected chi connectivity index (χ2v) is 7.39. The largest absolute Gasteiger partial charge is 0.416 e. The molecule has 0 aliphatic rings. The predicted molar refractivity (Wildman–Crippen MR) is 115 cm³/mol. The summed E-state index contributed by atoms with van der Waals surface area (Å²) < 4.78 is 40.7. The van der Waals surface area contributed by atoms with E-state index in [1.54, 1.807) is 13.1 Å². The van der Waals surface area contributed by atoms with Crippen molar-refractivity contribution in [3.8, 4) is 0 Å². The topological polar surface area (TPSA) is 66.6 Å². The molecule has 1 unspecified atom stereocenters. The molecule has 2 heterocycles. The number of guanidine groups is 1. The fourth-order valence-electron chi connectivity index (χ4n) is 3.33. The van der Waals surface area contributed by atoms with E-state index in [-0.39, 0.29) is 5.92 Å². The van der Waals surface area contributed by atoms with Crippen LogP contribution in [0.15, 0.2) is 53.7 Å². The van der Waals surface area contributed by atoms with Crippen LogP contribution in [0.3, 0.4) is 0 Å². The summed E-state index contributed by atoms with van der Waals surface area (Å²) in [5.74, 6) is 1.58. The fraction of sp³-hybridized carbons (Fsp3) is 0.409. The van der Waals surface area contributed by atoms with E-state index in [4.69, 9.17) is 0 Å². The smallest absolute Gasteiger partial charge is 0.356 e. The molecular formula is C22H27F3N6. The molecule has 0 saturated heterocycles. The van der Waals surface area contributed by atoms with Crippen LogP contribution in [0, 0.1) is 0 Å². The van der Waals surface area contributed by atoms with Crippen LogP contribution in [0.4, 0.5) is 13.2 Å². The molecule has 6 nitrogen and oxygen atoms in total. The number of alkyl halides is 3. The van der Waals surface area contributed by atoms with Gasteiger partial charge in [-0.25, -0.2) is 0 Å². The van der Waals surface area contributed by atoms with Gasteiger partial charge in [-0.05, 0) is 42.5 Å². The van der Waals surface area contributed by atoms with Gasteiger partial charge in [0.15, 0.2) is 11.6 Å². The van der Waals surface area contributed by atoms with Crippen LogP contribution < -0.4 is 10.6 Å². The maximum Gasteiger partial charge on any atom is 0.416 e. The first-order chi connectivity index (χ1) is 14.9. The summed E-state index contributed by atoms with van der Waals surface area (Å²) >= 11 is 0. The van der Waals surface area contributed by atoms with Gasteiger partial charge in [-0.2, -0.15) is 13.2 Å². The second-order valence-electron chi connectivity index (χ2n) is 7.39. The average Bonchev–Trinajstić information content (AvgIpc) is 3.18. The van der Waals surface area contributed by atoms with Gasteiger partial charge < -0.3 is 10.6 Å². The Morgan fingerprint density at radius 2 is 1.90 bits per heavy atom. The third kappa shape index (κ3) is 6.19. The van der Waals surface area contributed by atoms with Gasteiger partial charge in [0.1, 0.15) is 5.82 Å². The number of nitrogens with one attached hydrogen (secondary N) is 2. The van der Waals surface area contributed by atoms with Crippen molar-refractivity contribution < 1.29 is 13.2 Å². The van der Waals surface area contributed by atoms with Gasteiger partial charge in [0.2, 0.25) is 0 Å². The molecule has 166 valence electrons. The highest BCUT2D eigenvalue weighted by molar-refractivity contribution is 5.79. The Morgan fingerprint density at radius 1 is 1.10 bits per heavy atom. The average molecular weight is 432 g/mol. The van der Waals surface area contributed by atoms with E-state index in [2.05, 4.69) is 25.8 Å². The normalized spacial score (nSPS) is 13.4. The number of fused-ring (bicyclic) bond motifs is 1. The number of hydrogen-bond acceptors (Lipinski definition) is 3. The fourth-order valence-corrected chi connectivity index (χ4v) is 3.33. The number of rotatable bonds is 8. The molecule has 2 N–H and O–H groups in total. The molecule has 0 fully saturated rings. The van der Waals surface area contributed by atoms with Gasteiger partial charge in [-0.15, -0.1) is 10.2 Å². The quantitative estimate of drug-likeness (QED) is 0.320. The monoisotopic (exact) mass is 432 g/mol. The first-order valence-electron chi connectivity index (χ1n) is 10.3. The molecule has 0 aliphatic carbocycles. The van der Waals surface area contributed by atoms with Gasteiger partial charge in [0.25, 0.3) is 0 Å². The zero-order chi connectivity index (χ0) is 22.3. The molecule has 0 amide bonds. The Morgan fingerprint density at radius 3 is 2.68 bits per heavy atom. The molecule has 3 aromatic rings. The molecule has 0 spiro atoms. The molecule has 1 atom stereocenters. The Balaban J connectivity index is 1.40. The van der Waals surface area contributed by atoms with Crippen molar-refractivity contribution in [3.63, 3.8) is 0 Å². The third-order valence-corrected chi connectivity index (χ3v) is 5.13. The maximum absolute atomic E-state index is 12.9. The minimum Gasteiger partial charge on any atom is -0.356 e. The molecule has 2 aromatic heterocycles. The highest BCUT2D eigenvalue weighted by atomic mass is 19.4. The summed E-state index contributed by atoms with van der Waals surface area (Å²) in [6, 6.07) is 11.3. The summed E-state index contributed by atoms with van der Waals surface area (Å²) in [6.07, 6.45) is -0.0463. The van der Waals surface area contributed by atoms with Crippen molar-refractivity contribution in [2.24, 2.45) is 4.99 Å². The van der Waals surface area contributed by atoms with Crippen LogP contribution in [0.25, 0.3) is 5.65 Å². The predicted octanol–water partition coefficient (Wildman–Crippen LogP) is 4.04. The van der Waals surface area contributed by atoms with E-state index < -0.39 is 11.7 Å². The summed E-state index contributed by atoms with van der Waals surface area (Å²) in [6.45, 7) is 3.24. The van der Waals surface area contributed by atoms with Crippen LogP contribution in [0.5, 0.6) is 0 Å². The maximum atomic E-state index is 12.9. The van der Waals surface area contributed by atoms with Crippen molar-refractivity contribution in [1.29, 1.82) is 0 Å². The van der Waals surface area contributed by atoms with Gasteiger partial charge in [-0.1, -0.05) is 31.2 Å². The summed E-state index contributed by atoms with van der Waals surface area (Å²) in [5, 5.41) is 14.8. The zero-order valence-electron chi connectivity index (χ0n) is 17.7. The first kappa shape index (κ1) is 22.6. The zero-order valence-corrected chi connectivity index (χ0v) is 17.7. The highest BCUT2D eigenvalue weighted by Gasteiger charge is 2.30. The highest BCUT2D eigenvalue weighted by Crippen LogP contribution is 2.31. The summed E-state index contributed by atoms with van der Waals surface area (Å²) in [7, 11) is 1.69. The lowest BCUT2D eigenvalue weighted by molar-refractivity contribution is -0.137. The Labute approximate surface area is 179 Å². The van der Waals surface area contributed by atoms with Crippen LogP contribution in [-0.4, -0.2) is 40.7 Å². The van der Waals surface area contributed by atoms with E-state index in [0.29, 0.717) is 31.0 Å². The number of aliphatic imine (C=N–C) groups is 1. The molecule has 31 heavy (non-hydrogen) atoms. The lowest BCUT2D eigenvalue weighted by Crippen LogP contribution is -2.38. The van der Waals surface area contributed by atoms with Crippen LogP contribution in [-0.2, 0) is 12.6 Å². The molecule has 3 rings (SSSR count). The molecular weight excluding hydrogens is 405 g/mol. The summed E-state index contributed by atoms with van der Waals surface area (Å²) in [5.41, 5.74) is 0.903. The van der Waals surface area contributed by atoms with E-state index in [1.807, 2.05) is 35.7 Å². The second kappa shape index (κ2) is 10.3. The van der Waals surface area contributed by atoms with Gasteiger partial charge in [0, 0.05) is 32.8 Å². The molecule has 0 aliphatic heterocycles. The van der Waals surface area contributed by atoms with Crippen molar-refractivity contribution in [3.05, 3.63) is 65.6 Å².